The first kappa shape index (κ1) is 12.0. The molecule has 0 saturated heterocycles. The molecule has 0 aliphatic rings. The molecule has 0 aromatic carbocycles. The summed E-state index contributed by atoms with van der Waals surface area (Å²) in [5, 5.41) is 1.84. The third-order valence-electron chi connectivity index (χ3n) is 1.08. The highest BCUT2D eigenvalue weighted by Crippen LogP contribution is 2.24. The summed E-state index contributed by atoms with van der Waals surface area (Å²) in [5.41, 5.74) is 0. The molecule has 0 saturated carbocycles. The number of carbonyl (C=O) groups is 1. The number of hydrogen-bond donors (Lipinski definition) is 1. The Morgan fingerprint density at radius 1 is 1.42 bits per heavy atom. The van der Waals surface area contributed by atoms with Crippen LogP contribution in [0, 0.1) is 5.92 Å². The van der Waals surface area contributed by atoms with Crippen molar-refractivity contribution in [2.75, 3.05) is 0 Å². The van der Waals surface area contributed by atoms with Crippen LogP contribution in [0.15, 0.2) is 0 Å². The fourth-order valence-electron chi connectivity index (χ4n) is 0.373. The quantitative estimate of drug-likeness (QED) is 0.472. The third-order valence-corrected chi connectivity index (χ3v) is 2.10. The molecule has 0 aliphatic carbocycles. The van der Waals surface area contributed by atoms with Crippen LogP contribution in [0.2, 0.25) is 0 Å². The Hall–Kier alpha value is -0.0100. The van der Waals surface area contributed by atoms with Crippen molar-refractivity contribution in [3.05, 3.63) is 0 Å². The van der Waals surface area contributed by atoms with Gasteiger partial charge in [-0.25, -0.2) is 0 Å². The van der Waals surface area contributed by atoms with Crippen LogP contribution in [0.1, 0.15) is 13.8 Å². The van der Waals surface area contributed by atoms with Crippen molar-refractivity contribution in [3.63, 3.8) is 0 Å². The molecular formula is C6H9F3INO. The highest BCUT2D eigenvalue weighted by Gasteiger charge is 2.38. The zero-order valence-corrected chi connectivity index (χ0v) is 8.73. The predicted molar refractivity (Wildman–Crippen MR) is 46.8 cm³/mol. The average Bonchev–Trinajstić information content (AvgIpc) is 1.85. The van der Waals surface area contributed by atoms with E-state index in [0.29, 0.717) is 0 Å². The molecule has 0 aromatic heterocycles. The van der Waals surface area contributed by atoms with Gasteiger partial charge in [0.25, 0.3) is 0 Å². The van der Waals surface area contributed by atoms with Gasteiger partial charge >= 0.3 is 6.18 Å². The van der Waals surface area contributed by atoms with E-state index in [9.17, 15) is 18.0 Å². The molecule has 12 heavy (non-hydrogen) atoms. The minimum atomic E-state index is -4.37. The number of amides is 1. The van der Waals surface area contributed by atoms with E-state index in [4.69, 9.17) is 0 Å². The van der Waals surface area contributed by atoms with Crippen molar-refractivity contribution in [2.24, 2.45) is 5.92 Å². The van der Waals surface area contributed by atoms with Gasteiger partial charge < -0.3 is 5.32 Å². The van der Waals surface area contributed by atoms with Gasteiger partial charge in [-0.1, -0.05) is 13.8 Å². The minimum absolute atomic E-state index is 0.426. The Kier molecular flexibility index (Phi) is 4.29. The van der Waals surface area contributed by atoms with Crippen LogP contribution in [-0.2, 0) is 4.79 Å². The minimum Gasteiger partial charge on any atom is -0.336 e. The second kappa shape index (κ2) is 4.29. The molecule has 0 unspecified atom stereocenters. The molecule has 0 radical (unpaired) electrons. The van der Waals surface area contributed by atoms with Crippen LogP contribution in [0.4, 0.5) is 13.2 Å². The topological polar surface area (TPSA) is 29.1 Å². The lowest BCUT2D eigenvalue weighted by molar-refractivity contribution is -0.143. The van der Waals surface area contributed by atoms with E-state index in [0.717, 1.165) is 22.6 Å². The lowest BCUT2D eigenvalue weighted by Gasteiger charge is -2.16. The monoisotopic (exact) mass is 295 g/mol. The van der Waals surface area contributed by atoms with Crippen LogP contribution in [-0.4, -0.2) is 16.1 Å². The maximum atomic E-state index is 11.9. The first-order chi connectivity index (χ1) is 5.25. The van der Waals surface area contributed by atoms with Crippen LogP contribution in [0.3, 0.4) is 0 Å². The molecular weight excluding hydrogens is 286 g/mol. The fourth-order valence-corrected chi connectivity index (χ4v) is 0.680. The van der Waals surface area contributed by atoms with Gasteiger partial charge in [0.15, 0.2) is 4.05 Å². The Labute approximate surface area is 82.0 Å². The van der Waals surface area contributed by atoms with E-state index in [2.05, 4.69) is 0 Å². The fraction of sp³-hybridized carbons (Fsp3) is 0.833. The summed E-state index contributed by atoms with van der Waals surface area (Å²) >= 11 is 1.14. The number of carbonyl (C=O) groups excluding carboxylic acids is 1. The summed E-state index contributed by atoms with van der Waals surface area (Å²) in [4.78, 5) is 10.8. The van der Waals surface area contributed by atoms with Crippen LogP contribution in [0.5, 0.6) is 0 Å². The number of hydrogen-bond acceptors (Lipinski definition) is 1. The van der Waals surface area contributed by atoms with Gasteiger partial charge in [-0.15, -0.1) is 0 Å². The van der Waals surface area contributed by atoms with E-state index in [1.54, 1.807) is 0 Å². The first-order valence-electron chi connectivity index (χ1n) is 3.26. The van der Waals surface area contributed by atoms with Crippen LogP contribution in [0.25, 0.3) is 0 Å². The lowest BCUT2D eigenvalue weighted by atomic mass is 10.2. The van der Waals surface area contributed by atoms with E-state index in [1.807, 2.05) is 5.32 Å². The summed E-state index contributed by atoms with van der Waals surface area (Å²) in [6.45, 7) is 3.07. The van der Waals surface area contributed by atoms with Gasteiger partial charge in [0.1, 0.15) is 0 Å². The zero-order chi connectivity index (χ0) is 9.94. The summed E-state index contributed by atoms with van der Waals surface area (Å²) < 4.78 is 33.8. The number of rotatable bonds is 2. The Morgan fingerprint density at radius 3 is 2.08 bits per heavy atom. The number of alkyl halides is 4. The van der Waals surface area contributed by atoms with E-state index in [-0.39, 0.29) is 0 Å². The molecule has 2 nitrogen and oxygen atoms in total. The van der Waals surface area contributed by atoms with Crippen molar-refractivity contribution < 1.29 is 18.0 Å². The summed E-state index contributed by atoms with van der Waals surface area (Å²) in [6, 6.07) is 0. The first-order valence-corrected chi connectivity index (χ1v) is 4.51. The maximum Gasteiger partial charge on any atom is 0.417 e. The van der Waals surface area contributed by atoms with E-state index < -0.39 is 22.0 Å². The summed E-state index contributed by atoms with van der Waals surface area (Å²) in [7, 11) is 0. The zero-order valence-electron chi connectivity index (χ0n) is 6.57. The van der Waals surface area contributed by atoms with Gasteiger partial charge in [0.2, 0.25) is 5.91 Å². The normalized spacial score (nSPS) is 14.6. The molecule has 0 spiro atoms. The second-order valence-corrected chi connectivity index (χ2v) is 3.81. The number of halogens is 4. The Morgan fingerprint density at radius 2 is 1.83 bits per heavy atom. The largest absolute Gasteiger partial charge is 0.417 e. The maximum absolute atomic E-state index is 11.9. The van der Waals surface area contributed by atoms with Crippen molar-refractivity contribution in [3.8, 4) is 0 Å². The second-order valence-electron chi connectivity index (χ2n) is 2.57. The van der Waals surface area contributed by atoms with E-state index in [1.165, 1.54) is 13.8 Å². The predicted octanol–water partition coefficient (Wildman–Crippen LogP) is 2.08. The van der Waals surface area contributed by atoms with Crippen LogP contribution >= 0.6 is 22.6 Å². The molecule has 72 valence electrons. The molecule has 1 atom stereocenters. The highest BCUT2D eigenvalue weighted by molar-refractivity contribution is 14.1. The smallest absolute Gasteiger partial charge is 0.336 e. The van der Waals surface area contributed by atoms with Gasteiger partial charge in [0, 0.05) is 5.92 Å². The molecule has 0 aromatic rings. The van der Waals surface area contributed by atoms with Crippen molar-refractivity contribution in [1.82, 2.24) is 5.32 Å². The Balaban J connectivity index is 4.02. The molecule has 0 aliphatic heterocycles. The molecule has 1 amide bonds. The Bertz CT molecular complexity index is 169. The number of nitrogens with one attached hydrogen (secondary N) is 1. The van der Waals surface area contributed by atoms with E-state index >= 15 is 0 Å². The SMILES string of the molecule is CC(C)C(=O)N[C@H](I)C(F)(F)F. The van der Waals surface area contributed by atoms with Gasteiger partial charge in [0.05, 0.1) is 0 Å². The third kappa shape index (κ3) is 4.13. The van der Waals surface area contributed by atoms with Gasteiger partial charge in [-0.05, 0) is 22.6 Å². The summed E-state index contributed by atoms with van der Waals surface area (Å²) in [5.74, 6) is -1.02. The van der Waals surface area contributed by atoms with Crippen molar-refractivity contribution in [2.45, 2.75) is 24.1 Å². The van der Waals surface area contributed by atoms with Crippen molar-refractivity contribution >= 4 is 28.5 Å². The lowest BCUT2D eigenvalue weighted by Crippen LogP contribution is -2.42. The molecule has 6 heteroatoms. The molecule has 0 rings (SSSR count). The highest BCUT2D eigenvalue weighted by atomic mass is 127. The van der Waals surface area contributed by atoms with Gasteiger partial charge in [-0.3, -0.25) is 4.79 Å². The summed E-state index contributed by atoms with van der Waals surface area (Å²) in [6.07, 6.45) is -4.37. The molecule has 0 heterocycles. The van der Waals surface area contributed by atoms with Gasteiger partial charge in [-0.2, -0.15) is 13.2 Å². The molecule has 0 fully saturated rings. The standard InChI is InChI=1S/C6H9F3INO/c1-3(2)4(12)11-5(10)6(7,8)9/h3,5H,1-2H3,(H,11,12)/t5-/m0/s1. The van der Waals surface area contributed by atoms with Crippen LogP contribution < -0.4 is 5.32 Å². The average molecular weight is 295 g/mol. The molecule has 1 N–H and O–H groups in total. The molecule has 0 bridgehead atoms. The van der Waals surface area contributed by atoms with Crippen molar-refractivity contribution in [1.29, 1.82) is 0 Å².